The molecule has 4 rings (SSSR count). The van der Waals surface area contributed by atoms with Gasteiger partial charge in [-0.15, -0.1) is 5.10 Å². The van der Waals surface area contributed by atoms with Crippen molar-refractivity contribution in [1.29, 1.82) is 0 Å². The summed E-state index contributed by atoms with van der Waals surface area (Å²) in [6.07, 6.45) is 0. The van der Waals surface area contributed by atoms with E-state index in [4.69, 9.17) is 4.74 Å². The number of urea groups is 1. The van der Waals surface area contributed by atoms with Crippen molar-refractivity contribution < 1.29 is 19.1 Å². The number of carbonyl (C=O) groups is 3. The summed E-state index contributed by atoms with van der Waals surface area (Å²) < 4.78 is 6.81. The largest absolute Gasteiger partial charge is 0.463 e. The molecule has 0 fully saturated rings. The normalized spacial score (nSPS) is 15.3. The van der Waals surface area contributed by atoms with Crippen molar-refractivity contribution in [1.82, 2.24) is 30.8 Å². The van der Waals surface area contributed by atoms with Gasteiger partial charge in [0.05, 0.1) is 23.9 Å². The molecule has 3 N–H and O–H groups in total. The van der Waals surface area contributed by atoms with E-state index in [1.165, 1.54) is 23.4 Å². The molecule has 1 unspecified atom stereocenters. The van der Waals surface area contributed by atoms with Gasteiger partial charge in [-0.3, -0.25) is 4.79 Å². The van der Waals surface area contributed by atoms with Gasteiger partial charge in [0.15, 0.2) is 0 Å². The Balaban J connectivity index is 1.64. The molecule has 35 heavy (non-hydrogen) atoms. The summed E-state index contributed by atoms with van der Waals surface area (Å²) in [7, 11) is 0. The van der Waals surface area contributed by atoms with Crippen molar-refractivity contribution in [2.75, 3.05) is 17.7 Å². The second-order valence-corrected chi connectivity index (χ2v) is 8.39. The van der Waals surface area contributed by atoms with Crippen molar-refractivity contribution in [2.24, 2.45) is 0 Å². The average Bonchev–Trinajstić information content (AvgIpc) is 3.31. The third kappa shape index (κ3) is 5.66. The molecule has 0 spiro atoms. The van der Waals surface area contributed by atoms with Gasteiger partial charge in [-0.1, -0.05) is 48.2 Å². The van der Waals surface area contributed by atoms with Crippen molar-refractivity contribution in [3.8, 4) is 5.69 Å². The lowest BCUT2D eigenvalue weighted by Crippen LogP contribution is -2.46. The molecular weight excluding hydrogens is 470 g/mol. The number of thioether (sulfide) groups is 1. The van der Waals surface area contributed by atoms with Gasteiger partial charge in [-0.05, 0) is 41.1 Å². The van der Waals surface area contributed by atoms with Gasteiger partial charge in [0, 0.05) is 24.1 Å². The minimum Gasteiger partial charge on any atom is -0.463 e. The Morgan fingerprint density at radius 2 is 1.97 bits per heavy atom. The Morgan fingerprint density at radius 1 is 1.17 bits per heavy atom. The Bertz CT molecular complexity index is 1280. The summed E-state index contributed by atoms with van der Waals surface area (Å²) >= 11 is 1.24. The van der Waals surface area contributed by atoms with Gasteiger partial charge >= 0.3 is 12.0 Å². The number of nitrogens with zero attached hydrogens (tertiary/aromatic N) is 4. The number of aromatic nitrogens is 4. The molecule has 1 aromatic heterocycles. The van der Waals surface area contributed by atoms with Crippen molar-refractivity contribution in [2.45, 2.75) is 25.0 Å². The molecule has 180 valence electrons. The van der Waals surface area contributed by atoms with Crippen LogP contribution in [0.5, 0.6) is 0 Å². The Labute approximate surface area is 205 Å². The fraction of sp³-hybridized carbons (Fsp3) is 0.217. The van der Waals surface area contributed by atoms with E-state index < -0.39 is 18.0 Å². The van der Waals surface area contributed by atoms with Crippen LogP contribution in [0.25, 0.3) is 5.69 Å². The monoisotopic (exact) mass is 493 g/mol. The summed E-state index contributed by atoms with van der Waals surface area (Å²) in [6, 6.07) is 15.2. The lowest BCUT2D eigenvalue weighted by atomic mass is 9.95. The van der Waals surface area contributed by atoms with Gasteiger partial charge < -0.3 is 20.7 Å². The first kappa shape index (κ1) is 24.0. The molecule has 3 amide bonds. The van der Waals surface area contributed by atoms with Crippen molar-refractivity contribution in [3.05, 3.63) is 71.4 Å². The van der Waals surface area contributed by atoms with Crippen LogP contribution < -0.4 is 16.0 Å². The molecule has 11 nitrogen and oxygen atoms in total. The third-order valence-corrected chi connectivity index (χ3v) is 5.93. The van der Waals surface area contributed by atoms with Gasteiger partial charge in [0.2, 0.25) is 11.1 Å². The van der Waals surface area contributed by atoms with E-state index in [-0.39, 0.29) is 18.3 Å². The topological polar surface area (TPSA) is 140 Å². The number of hydrogen-bond acceptors (Lipinski definition) is 8. The van der Waals surface area contributed by atoms with Crippen molar-refractivity contribution >= 4 is 35.4 Å². The van der Waals surface area contributed by atoms with Crippen LogP contribution >= 0.6 is 11.8 Å². The van der Waals surface area contributed by atoms with Crippen LogP contribution in [-0.2, 0) is 14.3 Å². The van der Waals surface area contributed by atoms with Crippen LogP contribution in [0.1, 0.15) is 25.5 Å². The lowest BCUT2D eigenvalue weighted by molar-refractivity contribution is -0.139. The molecule has 2 heterocycles. The third-order valence-electron chi connectivity index (χ3n) is 4.98. The molecule has 0 saturated heterocycles. The molecule has 12 heteroatoms. The number of benzene rings is 2. The van der Waals surface area contributed by atoms with E-state index in [9.17, 15) is 14.4 Å². The van der Waals surface area contributed by atoms with E-state index in [2.05, 4.69) is 31.5 Å². The van der Waals surface area contributed by atoms with E-state index in [0.717, 1.165) is 5.56 Å². The fourth-order valence-corrected chi connectivity index (χ4v) is 4.42. The SMILES string of the molecule is CCOC(=O)C1=C(CSc2nnnn2-c2cccc(NC(C)=O)c2)NC(=O)NC1c1ccccc1. The van der Waals surface area contributed by atoms with Crippen LogP contribution in [0.15, 0.2) is 71.0 Å². The number of ether oxygens (including phenoxy) is 1. The molecule has 1 atom stereocenters. The Morgan fingerprint density at radius 3 is 2.71 bits per heavy atom. The quantitative estimate of drug-likeness (QED) is 0.321. The Hall–Kier alpha value is -4.19. The van der Waals surface area contributed by atoms with E-state index in [0.29, 0.717) is 27.8 Å². The van der Waals surface area contributed by atoms with Crippen LogP contribution in [-0.4, -0.2) is 50.5 Å². The van der Waals surface area contributed by atoms with Crippen LogP contribution in [0.3, 0.4) is 0 Å². The molecule has 1 aliphatic heterocycles. The molecule has 3 aromatic rings. The molecule has 0 radical (unpaired) electrons. The molecule has 2 aromatic carbocycles. The number of rotatable bonds is 8. The minimum absolute atomic E-state index is 0.193. The van der Waals surface area contributed by atoms with Gasteiger partial charge in [-0.25, -0.2) is 9.59 Å². The predicted molar refractivity (Wildman–Crippen MR) is 129 cm³/mol. The van der Waals surface area contributed by atoms with Crippen LogP contribution in [0.2, 0.25) is 0 Å². The lowest BCUT2D eigenvalue weighted by Gasteiger charge is -2.29. The maximum Gasteiger partial charge on any atom is 0.338 e. The number of hydrogen-bond donors (Lipinski definition) is 3. The number of esters is 1. The maximum atomic E-state index is 12.9. The zero-order valence-corrected chi connectivity index (χ0v) is 19.8. The average molecular weight is 494 g/mol. The van der Waals surface area contributed by atoms with Crippen molar-refractivity contribution in [3.63, 3.8) is 0 Å². The molecule has 0 aliphatic carbocycles. The molecular formula is C23H23N7O4S. The minimum atomic E-state index is -0.662. The fourth-order valence-electron chi connectivity index (χ4n) is 3.56. The van der Waals surface area contributed by atoms with E-state index in [1.54, 1.807) is 31.2 Å². The molecule has 0 bridgehead atoms. The zero-order valence-electron chi connectivity index (χ0n) is 19.0. The highest BCUT2D eigenvalue weighted by Crippen LogP contribution is 2.30. The zero-order chi connectivity index (χ0) is 24.8. The Kier molecular flexibility index (Phi) is 7.41. The molecule has 1 aliphatic rings. The second-order valence-electron chi connectivity index (χ2n) is 7.45. The molecule has 0 saturated carbocycles. The van der Waals surface area contributed by atoms with Gasteiger partial charge in [-0.2, -0.15) is 4.68 Å². The smallest absolute Gasteiger partial charge is 0.338 e. The first-order valence-electron chi connectivity index (χ1n) is 10.8. The highest BCUT2D eigenvalue weighted by Gasteiger charge is 2.33. The van der Waals surface area contributed by atoms with E-state index in [1.807, 2.05) is 30.3 Å². The van der Waals surface area contributed by atoms with E-state index >= 15 is 0 Å². The summed E-state index contributed by atoms with van der Waals surface area (Å²) in [4.78, 5) is 36.8. The standard InChI is InChI=1S/C23H23N7O4S/c1-3-34-21(32)19-18(25-22(33)26-20(19)15-8-5-4-6-9-15)13-35-23-27-28-29-30(23)17-11-7-10-16(12-17)24-14(2)31/h4-12,20H,3,13H2,1-2H3,(H,24,31)(H2,25,26,33). The highest BCUT2D eigenvalue weighted by molar-refractivity contribution is 7.99. The number of tetrazole rings is 1. The van der Waals surface area contributed by atoms with Crippen LogP contribution in [0.4, 0.5) is 10.5 Å². The second kappa shape index (κ2) is 10.8. The van der Waals surface area contributed by atoms with Crippen LogP contribution in [0, 0.1) is 0 Å². The summed E-state index contributed by atoms with van der Waals surface area (Å²) in [5.41, 5.74) is 2.72. The van der Waals surface area contributed by atoms with Gasteiger partial charge in [0.1, 0.15) is 0 Å². The number of amides is 3. The maximum absolute atomic E-state index is 12.9. The summed E-state index contributed by atoms with van der Waals surface area (Å²) in [5, 5.41) is 20.6. The number of nitrogens with one attached hydrogen (secondary N) is 3. The first-order valence-corrected chi connectivity index (χ1v) is 11.8. The number of carbonyl (C=O) groups excluding carboxylic acids is 3. The first-order chi connectivity index (χ1) is 17.0. The predicted octanol–water partition coefficient (Wildman–Crippen LogP) is 2.58. The number of anilines is 1. The summed E-state index contributed by atoms with van der Waals surface area (Å²) in [5.74, 6) is -0.509. The highest BCUT2D eigenvalue weighted by atomic mass is 32.2. The summed E-state index contributed by atoms with van der Waals surface area (Å²) in [6.45, 7) is 3.35. The van der Waals surface area contributed by atoms with Gasteiger partial charge in [0.25, 0.3) is 0 Å².